The molecule has 0 saturated carbocycles. The summed E-state index contributed by atoms with van der Waals surface area (Å²) in [6.45, 7) is 5.06. The molecule has 2 aromatic carbocycles. The quantitative estimate of drug-likeness (QED) is 0.545. The molecule has 1 saturated heterocycles. The standard InChI is InChI=1S/C23H24N4O/c1-28-19-9-10-21-20(16-19)24-23(22-8-5-11-27(21)22)26-14-12-25(13-15-26)17-18-6-3-2-4-7-18/h2-11,16H,12-15,17H2,1H3. The monoisotopic (exact) mass is 372 g/mol. The van der Waals surface area contributed by atoms with E-state index in [2.05, 4.69) is 68.9 Å². The van der Waals surface area contributed by atoms with Gasteiger partial charge < -0.3 is 14.0 Å². The van der Waals surface area contributed by atoms with E-state index >= 15 is 0 Å². The predicted octanol–water partition coefficient (Wildman–Crippen LogP) is 3.82. The third kappa shape index (κ3) is 3.08. The van der Waals surface area contributed by atoms with Gasteiger partial charge in [-0.05, 0) is 29.8 Å². The highest BCUT2D eigenvalue weighted by Crippen LogP contribution is 2.28. The highest BCUT2D eigenvalue weighted by Gasteiger charge is 2.21. The molecule has 142 valence electrons. The number of nitrogens with zero attached hydrogens (tertiary/aromatic N) is 4. The van der Waals surface area contributed by atoms with Crippen LogP contribution < -0.4 is 9.64 Å². The largest absolute Gasteiger partial charge is 0.497 e. The summed E-state index contributed by atoms with van der Waals surface area (Å²) in [6.07, 6.45) is 2.11. The lowest BCUT2D eigenvalue weighted by Gasteiger charge is -2.35. The summed E-state index contributed by atoms with van der Waals surface area (Å²) < 4.78 is 7.63. The van der Waals surface area contributed by atoms with Crippen molar-refractivity contribution in [1.29, 1.82) is 0 Å². The highest BCUT2D eigenvalue weighted by atomic mass is 16.5. The van der Waals surface area contributed by atoms with Crippen molar-refractivity contribution in [3.05, 3.63) is 72.4 Å². The number of benzene rings is 2. The second-order valence-corrected chi connectivity index (χ2v) is 7.30. The number of fused-ring (bicyclic) bond motifs is 3. The zero-order valence-electron chi connectivity index (χ0n) is 16.1. The number of hydrogen-bond donors (Lipinski definition) is 0. The van der Waals surface area contributed by atoms with Crippen LogP contribution in [0.5, 0.6) is 5.75 Å². The zero-order valence-corrected chi connectivity index (χ0v) is 16.1. The molecular formula is C23H24N4O. The van der Waals surface area contributed by atoms with Crippen LogP contribution >= 0.6 is 0 Å². The van der Waals surface area contributed by atoms with Gasteiger partial charge in [0.05, 0.1) is 23.7 Å². The lowest BCUT2D eigenvalue weighted by atomic mass is 10.2. The molecule has 0 spiro atoms. The minimum absolute atomic E-state index is 0.838. The molecule has 0 aliphatic carbocycles. The Balaban J connectivity index is 1.42. The third-order valence-corrected chi connectivity index (χ3v) is 5.57. The van der Waals surface area contributed by atoms with Crippen LogP contribution in [0.2, 0.25) is 0 Å². The molecule has 5 nitrogen and oxygen atoms in total. The molecule has 28 heavy (non-hydrogen) atoms. The molecule has 1 aliphatic rings. The minimum atomic E-state index is 0.838. The molecule has 0 bridgehead atoms. The van der Waals surface area contributed by atoms with E-state index in [0.717, 1.165) is 60.8 Å². The van der Waals surface area contributed by atoms with Gasteiger partial charge in [0.15, 0.2) is 5.82 Å². The normalized spacial score (nSPS) is 15.4. The van der Waals surface area contributed by atoms with Crippen LogP contribution in [-0.4, -0.2) is 47.6 Å². The topological polar surface area (TPSA) is 33.0 Å². The Bertz CT molecular complexity index is 1100. The van der Waals surface area contributed by atoms with Crippen LogP contribution in [0.15, 0.2) is 66.9 Å². The average molecular weight is 372 g/mol. The van der Waals surface area contributed by atoms with E-state index in [4.69, 9.17) is 9.72 Å². The Morgan fingerprint density at radius 1 is 0.893 bits per heavy atom. The molecular weight excluding hydrogens is 348 g/mol. The van der Waals surface area contributed by atoms with Crippen molar-refractivity contribution < 1.29 is 4.74 Å². The first-order valence-corrected chi connectivity index (χ1v) is 9.78. The van der Waals surface area contributed by atoms with Crippen molar-refractivity contribution in [2.24, 2.45) is 0 Å². The van der Waals surface area contributed by atoms with E-state index in [1.54, 1.807) is 7.11 Å². The summed E-state index contributed by atoms with van der Waals surface area (Å²) in [5.74, 6) is 1.90. The maximum Gasteiger partial charge on any atom is 0.153 e. The Morgan fingerprint density at radius 2 is 1.71 bits per heavy atom. The summed E-state index contributed by atoms with van der Waals surface area (Å²) in [7, 11) is 1.70. The van der Waals surface area contributed by atoms with Crippen LogP contribution in [-0.2, 0) is 6.54 Å². The molecule has 5 rings (SSSR count). The van der Waals surface area contributed by atoms with E-state index in [-0.39, 0.29) is 0 Å². The molecule has 3 heterocycles. The van der Waals surface area contributed by atoms with E-state index in [0.29, 0.717) is 0 Å². The molecule has 0 atom stereocenters. The van der Waals surface area contributed by atoms with E-state index in [1.165, 1.54) is 5.56 Å². The predicted molar refractivity (Wildman–Crippen MR) is 113 cm³/mol. The van der Waals surface area contributed by atoms with Crippen LogP contribution in [0.4, 0.5) is 5.82 Å². The molecule has 0 radical (unpaired) electrons. The van der Waals surface area contributed by atoms with Gasteiger partial charge in [0, 0.05) is 45.0 Å². The Kier molecular flexibility index (Phi) is 4.37. The fourth-order valence-electron chi connectivity index (χ4n) is 4.06. The maximum absolute atomic E-state index is 5.40. The lowest BCUT2D eigenvalue weighted by molar-refractivity contribution is 0.249. The SMILES string of the molecule is COc1ccc2c(c1)nc(N1CCN(Cc3ccccc3)CC1)c1cccn12. The molecule has 0 unspecified atom stereocenters. The molecule has 2 aromatic heterocycles. The Hall–Kier alpha value is -3.05. The van der Waals surface area contributed by atoms with Crippen LogP contribution in [0.1, 0.15) is 5.56 Å². The second kappa shape index (κ2) is 7.17. The first kappa shape index (κ1) is 17.1. The third-order valence-electron chi connectivity index (χ3n) is 5.57. The fraction of sp³-hybridized carbons (Fsp3) is 0.261. The van der Waals surface area contributed by atoms with Crippen molar-refractivity contribution in [2.45, 2.75) is 6.54 Å². The average Bonchev–Trinajstić information content (AvgIpc) is 3.24. The van der Waals surface area contributed by atoms with Crippen molar-refractivity contribution in [2.75, 3.05) is 38.2 Å². The first-order chi connectivity index (χ1) is 13.8. The number of anilines is 1. The van der Waals surface area contributed by atoms with Crippen LogP contribution in [0.3, 0.4) is 0 Å². The Labute approximate surface area is 164 Å². The van der Waals surface area contributed by atoms with Crippen molar-refractivity contribution >= 4 is 22.4 Å². The minimum Gasteiger partial charge on any atom is -0.497 e. The van der Waals surface area contributed by atoms with Gasteiger partial charge >= 0.3 is 0 Å². The number of methoxy groups -OCH3 is 1. The number of aromatic nitrogens is 2. The van der Waals surface area contributed by atoms with Gasteiger partial charge in [0.25, 0.3) is 0 Å². The summed E-state index contributed by atoms with van der Waals surface area (Å²) >= 11 is 0. The van der Waals surface area contributed by atoms with Crippen molar-refractivity contribution in [3.8, 4) is 5.75 Å². The summed E-state index contributed by atoms with van der Waals surface area (Å²) in [6, 6.07) is 21.0. The van der Waals surface area contributed by atoms with Gasteiger partial charge in [0.2, 0.25) is 0 Å². The molecule has 1 aliphatic heterocycles. The maximum atomic E-state index is 5.40. The van der Waals surface area contributed by atoms with Gasteiger partial charge in [0.1, 0.15) is 5.75 Å². The van der Waals surface area contributed by atoms with Gasteiger partial charge in [-0.3, -0.25) is 4.90 Å². The summed E-state index contributed by atoms with van der Waals surface area (Å²) in [5, 5.41) is 0. The molecule has 5 heteroatoms. The van der Waals surface area contributed by atoms with E-state index < -0.39 is 0 Å². The summed E-state index contributed by atoms with van der Waals surface area (Å²) in [5.41, 5.74) is 4.60. The van der Waals surface area contributed by atoms with E-state index in [9.17, 15) is 0 Å². The Morgan fingerprint density at radius 3 is 2.50 bits per heavy atom. The molecule has 1 fully saturated rings. The molecule has 0 N–H and O–H groups in total. The highest BCUT2D eigenvalue weighted by molar-refractivity contribution is 5.86. The van der Waals surface area contributed by atoms with Crippen LogP contribution in [0.25, 0.3) is 16.6 Å². The van der Waals surface area contributed by atoms with Gasteiger partial charge in [-0.15, -0.1) is 0 Å². The fourth-order valence-corrected chi connectivity index (χ4v) is 4.06. The second-order valence-electron chi connectivity index (χ2n) is 7.30. The number of hydrogen-bond acceptors (Lipinski definition) is 4. The van der Waals surface area contributed by atoms with Crippen LogP contribution in [0, 0.1) is 0 Å². The summed E-state index contributed by atoms with van der Waals surface area (Å²) in [4.78, 5) is 9.96. The number of ether oxygens (including phenoxy) is 1. The van der Waals surface area contributed by atoms with Gasteiger partial charge in [-0.25, -0.2) is 4.98 Å². The molecule has 4 aromatic rings. The first-order valence-electron chi connectivity index (χ1n) is 9.78. The van der Waals surface area contributed by atoms with Crippen molar-refractivity contribution in [1.82, 2.24) is 14.3 Å². The van der Waals surface area contributed by atoms with E-state index in [1.807, 2.05) is 12.1 Å². The molecule has 0 amide bonds. The number of rotatable bonds is 4. The zero-order chi connectivity index (χ0) is 18.9. The smallest absolute Gasteiger partial charge is 0.153 e. The van der Waals surface area contributed by atoms with Gasteiger partial charge in [-0.1, -0.05) is 30.3 Å². The van der Waals surface area contributed by atoms with Crippen molar-refractivity contribution in [3.63, 3.8) is 0 Å². The number of piperazine rings is 1. The van der Waals surface area contributed by atoms with Gasteiger partial charge in [-0.2, -0.15) is 0 Å². The lowest BCUT2D eigenvalue weighted by Crippen LogP contribution is -2.46.